The van der Waals surface area contributed by atoms with E-state index in [1.807, 2.05) is 60.7 Å². The molecular weight excluding hydrogens is 414 g/mol. The van der Waals surface area contributed by atoms with Crippen LogP contribution in [0.3, 0.4) is 0 Å². The van der Waals surface area contributed by atoms with E-state index in [9.17, 15) is 4.79 Å². The number of rotatable bonds is 14. The number of hydrogen-bond donors (Lipinski definition) is 1. The largest absolute Gasteiger partial charge is 0.494 e. The van der Waals surface area contributed by atoms with Crippen molar-refractivity contribution < 1.29 is 19.0 Å². The van der Waals surface area contributed by atoms with Gasteiger partial charge in [0.1, 0.15) is 30.5 Å². The summed E-state index contributed by atoms with van der Waals surface area (Å²) in [6.07, 6.45) is 5.98. The minimum Gasteiger partial charge on any atom is -0.494 e. The Hall–Kier alpha value is -3.47. The first-order valence-electron chi connectivity index (χ1n) is 11.7. The van der Waals surface area contributed by atoms with E-state index < -0.39 is 0 Å². The summed E-state index contributed by atoms with van der Waals surface area (Å²) >= 11 is 0. The van der Waals surface area contributed by atoms with Crippen LogP contribution in [0.4, 0.5) is 5.69 Å². The van der Waals surface area contributed by atoms with Crippen molar-refractivity contribution in [2.45, 2.75) is 39.0 Å². The van der Waals surface area contributed by atoms with Gasteiger partial charge in [0.2, 0.25) is 0 Å². The third kappa shape index (κ3) is 8.89. The molecular formula is C28H33NO4. The molecule has 5 heteroatoms. The van der Waals surface area contributed by atoms with E-state index in [1.165, 1.54) is 25.7 Å². The summed E-state index contributed by atoms with van der Waals surface area (Å²) in [6.45, 7) is 3.71. The average molecular weight is 448 g/mol. The monoisotopic (exact) mass is 447 g/mol. The van der Waals surface area contributed by atoms with Crippen LogP contribution in [0.1, 0.15) is 49.4 Å². The molecule has 0 aliphatic rings. The molecule has 3 rings (SSSR count). The smallest absolute Gasteiger partial charge is 0.255 e. The predicted molar refractivity (Wildman–Crippen MR) is 133 cm³/mol. The topological polar surface area (TPSA) is 56.8 Å². The summed E-state index contributed by atoms with van der Waals surface area (Å²) in [5, 5.41) is 2.93. The van der Waals surface area contributed by atoms with Gasteiger partial charge >= 0.3 is 0 Å². The summed E-state index contributed by atoms with van der Waals surface area (Å²) in [4.78, 5) is 12.7. The molecule has 0 bridgehead atoms. The number of carbonyl (C=O) groups is 1. The fourth-order valence-electron chi connectivity index (χ4n) is 3.33. The molecule has 0 atom stereocenters. The molecule has 0 radical (unpaired) electrons. The first-order chi connectivity index (χ1) is 16.2. The van der Waals surface area contributed by atoms with E-state index >= 15 is 0 Å². The predicted octanol–water partition coefficient (Wildman–Crippen LogP) is 6.75. The van der Waals surface area contributed by atoms with Crippen LogP contribution in [-0.4, -0.2) is 25.7 Å². The molecule has 3 aromatic carbocycles. The van der Waals surface area contributed by atoms with Crippen LogP contribution in [0, 0.1) is 0 Å². The Balaban J connectivity index is 1.45. The Kier molecular flexibility index (Phi) is 10.1. The van der Waals surface area contributed by atoms with Crippen LogP contribution in [0.15, 0.2) is 78.9 Å². The second-order valence-corrected chi connectivity index (χ2v) is 7.78. The highest BCUT2D eigenvalue weighted by molar-refractivity contribution is 6.04. The number of benzene rings is 3. The molecule has 0 saturated heterocycles. The Morgan fingerprint density at radius 2 is 1.30 bits per heavy atom. The summed E-state index contributed by atoms with van der Waals surface area (Å²) < 4.78 is 17.2. The number of ether oxygens (including phenoxy) is 3. The van der Waals surface area contributed by atoms with Crippen LogP contribution in [-0.2, 0) is 0 Å². The molecule has 0 heterocycles. The first kappa shape index (κ1) is 24.2. The van der Waals surface area contributed by atoms with Crippen molar-refractivity contribution in [1.82, 2.24) is 0 Å². The zero-order chi connectivity index (χ0) is 23.1. The second kappa shape index (κ2) is 13.8. The van der Waals surface area contributed by atoms with Crippen molar-refractivity contribution in [3.05, 3.63) is 84.4 Å². The number of unbranched alkanes of at least 4 members (excludes halogenated alkanes) is 4. The molecule has 174 valence electrons. The van der Waals surface area contributed by atoms with Gasteiger partial charge < -0.3 is 19.5 Å². The van der Waals surface area contributed by atoms with Crippen molar-refractivity contribution in [3.63, 3.8) is 0 Å². The number of amides is 1. The first-order valence-corrected chi connectivity index (χ1v) is 11.7. The van der Waals surface area contributed by atoms with Gasteiger partial charge in [-0.2, -0.15) is 0 Å². The molecule has 0 unspecified atom stereocenters. The van der Waals surface area contributed by atoms with Crippen LogP contribution in [0.2, 0.25) is 0 Å². The lowest BCUT2D eigenvalue weighted by atomic mass is 10.2. The fourth-order valence-corrected chi connectivity index (χ4v) is 3.33. The highest BCUT2D eigenvalue weighted by Crippen LogP contribution is 2.20. The van der Waals surface area contributed by atoms with Crippen LogP contribution >= 0.6 is 0 Å². The lowest BCUT2D eigenvalue weighted by Crippen LogP contribution is -2.13. The third-order valence-corrected chi connectivity index (χ3v) is 5.07. The number of carbonyl (C=O) groups excluding carboxylic acids is 1. The quantitative estimate of drug-likeness (QED) is 0.278. The molecule has 1 amide bonds. The Bertz CT molecular complexity index is 974. The van der Waals surface area contributed by atoms with Gasteiger partial charge in [-0.1, -0.05) is 62.9 Å². The standard InChI is InChI=1S/C28H33NO4/c1-2-3-4-5-9-18-31-27-17-11-13-24(22-27)29-28(30)23-12-10-16-26(21-23)33-20-19-32-25-14-7-6-8-15-25/h6-8,10-17,21-22H,2-5,9,18-20H2,1H3,(H,29,30). The lowest BCUT2D eigenvalue weighted by molar-refractivity contribution is 0.102. The van der Waals surface area contributed by atoms with Gasteiger partial charge in [-0.05, 0) is 48.9 Å². The van der Waals surface area contributed by atoms with Gasteiger partial charge in [0.05, 0.1) is 6.61 Å². The minimum absolute atomic E-state index is 0.197. The minimum atomic E-state index is -0.197. The number of nitrogens with one attached hydrogen (secondary N) is 1. The van der Waals surface area contributed by atoms with Gasteiger partial charge in [-0.3, -0.25) is 4.79 Å². The maximum absolute atomic E-state index is 12.7. The highest BCUT2D eigenvalue weighted by atomic mass is 16.5. The molecule has 0 spiro atoms. The van der Waals surface area contributed by atoms with Gasteiger partial charge in [-0.25, -0.2) is 0 Å². The van der Waals surface area contributed by atoms with Crippen LogP contribution in [0.5, 0.6) is 17.2 Å². The Labute approximate surface area is 196 Å². The van der Waals surface area contributed by atoms with E-state index in [2.05, 4.69) is 12.2 Å². The van der Waals surface area contributed by atoms with E-state index in [-0.39, 0.29) is 5.91 Å². The molecule has 0 aliphatic heterocycles. The van der Waals surface area contributed by atoms with Crippen molar-refractivity contribution in [2.24, 2.45) is 0 Å². The molecule has 33 heavy (non-hydrogen) atoms. The van der Waals surface area contributed by atoms with Gasteiger partial charge in [0.15, 0.2) is 0 Å². The zero-order valence-electron chi connectivity index (χ0n) is 19.3. The molecule has 5 nitrogen and oxygen atoms in total. The summed E-state index contributed by atoms with van der Waals surface area (Å²) in [5.41, 5.74) is 1.23. The Morgan fingerprint density at radius 3 is 2.09 bits per heavy atom. The zero-order valence-corrected chi connectivity index (χ0v) is 19.3. The molecule has 0 aliphatic carbocycles. The van der Waals surface area contributed by atoms with Crippen molar-refractivity contribution in [1.29, 1.82) is 0 Å². The van der Waals surface area contributed by atoms with Gasteiger partial charge in [0.25, 0.3) is 5.91 Å². The number of para-hydroxylation sites is 1. The second-order valence-electron chi connectivity index (χ2n) is 7.78. The van der Waals surface area contributed by atoms with Crippen LogP contribution < -0.4 is 19.5 Å². The summed E-state index contributed by atoms with van der Waals surface area (Å²) in [6, 6.07) is 24.2. The molecule has 0 fully saturated rings. The van der Waals surface area contributed by atoms with Gasteiger partial charge in [0, 0.05) is 17.3 Å². The normalized spacial score (nSPS) is 10.5. The van der Waals surface area contributed by atoms with Crippen molar-refractivity contribution >= 4 is 11.6 Å². The highest BCUT2D eigenvalue weighted by Gasteiger charge is 2.08. The van der Waals surface area contributed by atoms with Crippen molar-refractivity contribution in [3.8, 4) is 17.2 Å². The van der Waals surface area contributed by atoms with E-state index in [1.54, 1.807) is 18.2 Å². The maximum atomic E-state index is 12.7. The lowest BCUT2D eigenvalue weighted by Gasteiger charge is -2.11. The number of hydrogen-bond acceptors (Lipinski definition) is 4. The third-order valence-electron chi connectivity index (χ3n) is 5.07. The molecule has 1 N–H and O–H groups in total. The fraction of sp³-hybridized carbons (Fsp3) is 0.321. The SMILES string of the molecule is CCCCCCCOc1cccc(NC(=O)c2cccc(OCCOc3ccccc3)c2)c1. The molecule has 3 aromatic rings. The van der Waals surface area contributed by atoms with Crippen LogP contribution in [0.25, 0.3) is 0 Å². The molecule has 0 aromatic heterocycles. The van der Waals surface area contributed by atoms with E-state index in [0.717, 1.165) is 17.9 Å². The van der Waals surface area contributed by atoms with E-state index in [4.69, 9.17) is 14.2 Å². The van der Waals surface area contributed by atoms with Crippen molar-refractivity contribution in [2.75, 3.05) is 25.1 Å². The summed E-state index contributed by atoms with van der Waals surface area (Å²) in [5.74, 6) is 1.99. The number of anilines is 1. The van der Waals surface area contributed by atoms with E-state index in [0.29, 0.717) is 36.8 Å². The maximum Gasteiger partial charge on any atom is 0.255 e. The average Bonchev–Trinajstić information content (AvgIpc) is 2.85. The molecule has 0 saturated carbocycles. The van der Waals surface area contributed by atoms with Gasteiger partial charge in [-0.15, -0.1) is 0 Å². The Morgan fingerprint density at radius 1 is 0.667 bits per heavy atom. The summed E-state index contributed by atoms with van der Waals surface area (Å²) in [7, 11) is 0.